The number of aromatic nitrogens is 2. The van der Waals surface area contributed by atoms with Crippen LogP contribution in [0, 0.1) is 18.6 Å². The molecule has 9 heteroatoms. The number of carbonyl (C=O) groups is 1. The van der Waals surface area contributed by atoms with Crippen molar-refractivity contribution in [1.82, 2.24) is 14.3 Å². The number of imidazole rings is 1. The molecule has 1 aromatic carbocycles. The Hall–Kier alpha value is -2.88. The van der Waals surface area contributed by atoms with E-state index in [1.807, 2.05) is 25.3 Å². The molecule has 7 nitrogen and oxygen atoms in total. The fraction of sp³-hybridized carbons (Fsp3) is 0.417. The van der Waals surface area contributed by atoms with Gasteiger partial charge in [-0.25, -0.2) is 13.8 Å². The zero-order chi connectivity index (χ0) is 23.3. The molecule has 3 aromatic rings. The standard InChI is InChI=1S/C24H25F2N3O4/c1-14-3-4-29-20(10-17-11-28(15(2)30)5-6-33-17)23(27-21(29)7-14)22-18(25)8-16(9-19(22)26)24(31)12-32-13-24/h3-4,7-9,17,31H,5-6,10-13H2,1-2H3. The van der Waals surface area contributed by atoms with Crippen molar-refractivity contribution in [3.05, 3.63) is 58.9 Å². The number of aliphatic hydroxyl groups is 1. The van der Waals surface area contributed by atoms with E-state index >= 15 is 8.78 Å². The number of ether oxygens (including phenoxy) is 2. The highest BCUT2D eigenvalue weighted by molar-refractivity contribution is 5.73. The number of carbonyl (C=O) groups excluding carboxylic acids is 1. The lowest BCUT2D eigenvalue weighted by molar-refractivity contribution is -0.184. The minimum Gasteiger partial charge on any atom is -0.380 e. The van der Waals surface area contributed by atoms with Gasteiger partial charge in [0.2, 0.25) is 5.91 Å². The number of rotatable bonds is 4. The molecule has 1 atom stereocenters. The summed E-state index contributed by atoms with van der Waals surface area (Å²) in [5.41, 5.74) is 0.808. The molecule has 0 saturated carbocycles. The van der Waals surface area contributed by atoms with Crippen LogP contribution in [0.3, 0.4) is 0 Å². The van der Waals surface area contributed by atoms with Gasteiger partial charge in [-0.2, -0.15) is 0 Å². The number of nitrogens with zero attached hydrogens (tertiary/aromatic N) is 3. The molecule has 0 spiro atoms. The van der Waals surface area contributed by atoms with Crippen molar-refractivity contribution in [3.63, 3.8) is 0 Å². The fourth-order valence-electron chi connectivity index (χ4n) is 4.47. The SMILES string of the molecule is CC(=O)N1CCOC(Cc2c(-c3c(F)cc(C4(O)COC4)cc3F)nc3cc(C)ccn23)C1. The van der Waals surface area contributed by atoms with E-state index in [9.17, 15) is 9.90 Å². The van der Waals surface area contributed by atoms with Gasteiger partial charge in [0, 0.05) is 32.6 Å². The van der Waals surface area contributed by atoms with Gasteiger partial charge in [-0.05, 0) is 42.3 Å². The average Bonchev–Trinajstić information content (AvgIpc) is 3.08. The predicted molar refractivity (Wildman–Crippen MR) is 116 cm³/mol. The molecule has 0 bridgehead atoms. The highest BCUT2D eigenvalue weighted by Crippen LogP contribution is 2.36. The van der Waals surface area contributed by atoms with Gasteiger partial charge in [0.15, 0.2) is 0 Å². The summed E-state index contributed by atoms with van der Waals surface area (Å²) in [6.07, 6.45) is 1.81. The number of pyridine rings is 1. The molecular formula is C24H25F2N3O4. The molecule has 1 amide bonds. The zero-order valence-electron chi connectivity index (χ0n) is 18.5. The van der Waals surface area contributed by atoms with Crippen LogP contribution in [-0.4, -0.2) is 64.3 Å². The normalized spacial score (nSPS) is 20.2. The third-order valence-electron chi connectivity index (χ3n) is 6.38. The zero-order valence-corrected chi connectivity index (χ0v) is 18.5. The molecule has 0 radical (unpaired) electrons. The second-order valence-corrected chi connectivity index (χ2v) is 8.84. The molecule has 1 unspecified atom stereocenters. The molecule has 2 fully saturated rings. The fourth-order valence-corrected chi connectivity index (χ4v) is 4.47. The van der Waals surface area contributed by atoms with Crippen LogP contribution >= 0.6 is 0 Å². The number of aryl methyl sites for hydroxylation is 1. The van der Waals surface area contributed by atoms with Gasteiger partial charge in [0.05, 0.1) is 42.9 Å². The van der Waals surface area contributed by atoms with Gasteiger partial charge in [0.1, 0.15) is 22.9 Å². The first-order valence-electron chi connectivity index (χ1n) is 10.9. The summed E-state index contributed by atoms with van der Waals surface area (Å²) in [6.45, 7) is 4.73. The van der Waals surface area contributed by atoms with Gasteiger partial charge in [-0.15, -0.1) is 0 Å². The predicted octanol–water partition coefficient (Wildman–Crippen LogP) is 2.60. The first-order valence-corrected chi connectivity index (χ1v) is 10.9. The van der Waals surface area contributed by atoms with Crippen LogP contribution in [-0.2, 0) is 26.3 Å². The lowest BCUT2D eigenvalue weighted by Crippen LogP contribution is -2.46. The third-order valence-corrected chi connectivity index (χ3v) is 6.38. The Labute approximate surface area is 189 Å². The Morgan fingerprint density at radius 2 is 2.00 bits per heavy atom. The largest absolute Gasteiger partial charge is 0.380 e. The molecular weight excluding hydrogens is 432 g/mol. The van der Waals surface area contributed by atoms with E-state index in [-0.39, 0.29) is 42.0 Å². The van der Waals surface area contributed by atoms with Crippen LogP contribution in [0.15, 0.2) is 30.5 Å². The molecule has 2 aromatic heterocycles. The van der Waals surface area contributed by atoms with E-state index in [1.165, 1.54) is 6.92 Å². The molecule has 2 aliphatic rings. The molecule has 2 saturated heterocycles. The monoisotopic (exact) mass is 457 g/mol. The third kappa shape index (κ3) is 3.90. The minimum atomic E-state index is -1.38. The van der Waals surface area contributed by atoms with E-state index in [0.29, 0.717) is 37.5 Å². The van der Waals surface area contributed by atoms with Gasteiger partial charge in [-0.3, -0.25) is 4.79 Å². The molecule has 4 heterocycles. The van der Waals surface area contributed by atoms with E-state index in [0.717, 1.165) is 17.7 Å². The number of morpholine rings is 1. The van der Waals surface area contributed by atoms with Crippen LogP contribution < -0.4 is 0 Å². The average molecular weight is 457 g/mol. The molecule has 33 heavy (non-hydrogen) atoms. The molecule has 2 aliphatic heterocycles. The first kappa shape index (κ1) is 21.9. The Kier molecular flexibility index (Phi) is 5.43. The second-order valence-electron chi connectivity index (χ2n) is 8.84. The number of hydrogen-bond donors (Lipinski definition) is 1. The van der Waals surface area contributed by atoms with Gasteiger partial charge in [0.25, 0.3) is 0 Å². The molecule has 174 valence electrons. The highest BCUT2D eigenvalue weighted by Gasteiger charge is 2.39. The van der Waals surface area contributed by atoms with Crippen LogP contribution in [0.4, 0.5) is 8.78 Å². The molecule has 0 aliphatic carbocycles. The van der Waals surface area contributed by atoms with Crippen LogP contribution in [0.5, 0.6) is 0 Å². The van der Waals surface area contributed by atoms with Crippen molar-refractivity contribution in [2.75, 3.05) is 32.9 Å². The Morgan fingerprint density at radius 3 is 2.64 bits per heavy atom. The van der Waals surface area contributed by atoms with E-state index < -0.39 is 17.2 Å². The van der Waals surface area contributed by atoms with Crippen molar-refractivity contribution in [2.24, 2.45) is 0 Å². The van der Waals surface area contributed by atoms with Crippen molar-refractivity contribution in [2.45, 2.75) is 32.0 Å². The first-order chi connectivity index (χ1) is 15.7. The number of hydrogen-bond acceptors (Lipinski definition) is 5. The van der Waals surface area contributed by atoms with Crippen LogP contribution in [0.25, 0.3) is 16.9 Å². The van der Waals surface area contributed by atoms with Gasteiger partial charge in [-0.1, -0.05) is 0 Å². The Balaban J connectivity index is 1.59. The van der Waals surface area contributed by atoms with E-state index in [2.05, 4.69) is 4.98 Å². The van der Waals surface area contributed by atoms with Crippen molar-refractivity contribution in [1.29, 1.82) is 0 Å². The summed E-state index contributed by atoms with van der Waals surface area (Å²) < 4.78 is 43.3. The maximum Gasteiger partial charge on any atom is 0.219 e. The quantitative estimate of drug-likeness (QED) is 0.652. The lowest BCUT2D eigenvalue weighted by Gasteiger charge is -2.36. The van der Waals surface area contributed by atoms with Crippen molar-refractivity contribution in [3.8, 4) is 11.3 Å². The van der Waals surface area contributed by atoms with Crippen molar-refractivity contribution >= 4 is 11.6 Å². The maximum absolute atomic E-state index is 15.3. The number of halogens is 2. The van der Waals surface area contributed by atoms with E-state index in [4.69, 9.17) is 9.47 Å². The minimum absolute atomic E-state index is 0.00418. The summed E-state index contributed by atoms with van der Waals surface area (Å²) in [6, 6.07) is 6.03. The highest BCUT2D eigenvalue weighted by atomic mass is 19.1. The maximum atomic E-state index is 15.3. The summed E-state index contributed by atoms with van der Waals surface area (Å²) in [4.78, 5) is 18.1. The smallest absolute Gasteiger partial charge is 0.219 e. The number of amides is 1. The van der Waals surface area contributed by atoms with Gasteiger partial charge >= 0.3 is 0 Å². The Bertz CT molecular complexity index is 1210. The summed E-state index contributed by atoms with van der Waals surface area (Å²) in [5.74, 6) is -1.65. The Morgan fingerprint density at radius 1 is 1.27 bits per heavy atom. The lowest BCUT2D eigenvalue weighted by atomic mass is 9.90. The molecule has 5 rings (SSSR count). The van der Waals surface area contributed by atoms with Crippen LogP contribution in [0.2, 0.25) is 0 Å². The van der Waals surface area contributed by atoms with Crippen molar-refractivity contribution < 1.29 is 28.2 Å². The number of fused-ring (bicyclic) bond motifs is 1. The topological polar surface area (TPSA) is 76.3 Å². The van der Waals surface area contributed by atoms with Crippen LogP contribution in [0.1, 0.15) is 23.7 Å². The van der Waals surface area contributed by atoms with Gasteiger partial charge < -0.3 is 23.9 Å². The molecule has 1 N–H and O–H groups in total. The van der Waals surface area contributed by atoms with E-state index in [1.54, 1.807) is 9.30 Å². The summed E-state index contributed by atoms with van der Waals surface area (Å²) in [5, 5.41) is 10.5. The summed E-state index contributed by atoms with van der Waals surface area (Å²) >= 11 is 0. The second kappa shape index (κ2) is 8.16. The number of benzene rings is 1. The summed E-state index contributed by atoms with van der Waals surface area (Å²) in [7, 11) is 0.